The van der Waals surface area contributed by atoms with Crippen molar-refractivity contribution in [3.63, 3.8) is 0 Å². The number of nitrogens with zero attached hydrogens (tertiary/aromatic N) is 1. The number of hydrogen-bond donors (Lipinski definition) is 2. The monoisotopic (exact) mass is 776 g/mol. The molecule has 0 aromatic heterocycles. The van der Waals surface area contributed by atoms with Crippen LogP contribution in [0.1, 0.15) is 77.3 Å². The number of rotatable bonds is 6. The van der Waals surface area contributed by atoms with Crippen LogP contribution in [0.25, 0.3) is 0 Å². The first-order valence-corrected chi connectivity index (χ1v) is 20.8. The minimum atomic E-state index is -4.33. The first kappa shape index (κ1) is 38.4. The van der Waals surface area contributed by atoms with Crippen LogP contribution in [0.4, 0.5) is 5.69 Å². The minimum Gasteiger partial charge on any atom is -0.490 e. The molecule has 1 saturated carbocycles. The second kappa shape index (κ2) is 16.1. The van der Waals surface area contributed by atoms with Crippen LogP contribution in [0, 0.1) is 17.8 Å². The Labute approximate surface area is 322 Å². The van der Waals surface area contributed by atoms with E-state index in [-0.39, 0.29) is 35.8 Å². The zero-order valence-corrected chi connectivity index (χ0v) is 32.4. The van der Waals surface area contributed by atoms with Gasteiger partial charge in [-0.3, -0.25) is 4.79 Å². The molecule has 7 rings (SSSR count). The molecule has 54 heavy (non-hydrogen) atoms. The highest BCUT2D eigenvalue weighted by Crippen LogP contribution is 2.47. The van der Waals surface area contributed by atoms with Crippen LogP contribution in [-0.2, 0) is 31.3 Å². The molecular formula is C42H49ClN2O8S. The van der Waals surface area contributed by atoms with E-state index in [0.29, 0.717) is 42.5 Å². The van der Waals surface area contributed by atoms with Crippen LogP contribution in [0.5, 0.6) is 5.75 Å². The van der Waals surface area contributed by atoms with E-state index in [1.54, 1.807) is 61.5 Å². The van der Waals surface area contributed by atoms with E-state index in [0.717, 1.165) is 37.8 Å². The number of sulfonamides is 1. The van der Waals surface area contributed by atoms with Crippen molar-refractivity contribution in [1.29, 1.82) is 0 Å². The molecule has 1 spiro atoms. The maximum absolute atomic E-state index is 14.2. The van der Waals surface area contributed by atoms with Crippen LogP contribution < -0.4 is 14.4 Å². The zero-order valence-electron chi connectivity index (χ0n) is 30.8. The van der Waals surface area contributed by atoms with Crippen molar-refractivity contribution in [2.75, 3.05) is 38.3 Å². The molecule has 0 unspecified atom stereocenters. The molecule has 4 aliphatic rings. The summed E-state index contributed by atoms with van der Waals surface area (Å²) in [7, 11) is -2.88. The number of carbonyl (C=O) groups excluding carboxylic acids is 2. The van der Waals surface area contributed by atoms with E-state index in [1.165, 1.54) is 18.2 Å². The Morgan fingerprint density at radius 3 is 2.70 bits per heavy atom. The summed E-state index contributed by atoms with van der Waals surface area (Å²) in [5, 5.41) is 11.0. The zero-order chi connectivity index (χ0) is 38.0. The number of benzene rings is 3. The summed E-state index contributed by atoms with van der Waals surface area (Å²) >= 11 is 6.43. The number of methoxy groups -OCH3 is 1. The van der Waals surface area contributed by atoms with Gasteiger partial charge in [0.15, 0.2) is 0 Å². The van der Waals surface area contributed by atoms with E-state index in [9.17, 15) is 23.1 Å². The minimum absolute atomic E-state index is 0.0278. The van der Waals surface area contributed by atoms with Gasteiger partial charge in [0.05, 0.1) is 35.8 Å². The number of aliphatic hydroxyl groups is 1. The molecule has 12 heteroatoms. The lowest BCUT2D eigenvalue weighted by Gasteiger charge is -2.45. The number of esters is 1. The summed E-state index contributed by atoms with van der Waals surface area (Å²) < 4.78 is 48.6. The summed E-state index contributed by atoms with van der Waals surface area (Å²) in [6, 6.07) is 19.7. The van der Waals surface area contributed by atoms with Crippen molar-refractivity contribution < 1.29 is 37.3 Å². The third kappa shape index (κ3) is 8.05. The summed E-state index contributed by atoms with van der Waals surface area (Å²) in [6.07, 6.45) is 6.88. The van der Waals surface area contributed by atoms with Gasteiger partial charge in [0, 0.05) is 42.6 Å². The number of hydrogen-bond acceptors (Lipinski definition) is 9. The summed E-state index contributed by atoms with van der Waals surface area (Å²) in [6.45, 7) is 3.48. The maximum Gasteiger partial charge on any atom is 0.338 e. The number of nitrogens with one attached hydrogen (secondary N) is 1. The number of anilines is 1. The highest BCUT2D eigenvalue weighted by Gasteiger charge is 2.44. The van der Waals surface area contributed by atoms with E-state index in [1.807, 2.05) is 12.1 Å². The lowest BCUT2D eigenvalue weighted by Crippen LogP contribution is -2.49. The Balaban J connectivity index is 1.23. The van der Waals surface area contributed by atoms with Crippen LogP contribution >= 0.6 is 11.6 Å². The number of aryl methyl sites for hydroxylation is 1. The molecule has 2 heterocycles. The molecule has 3 aromatic carbocycles. The normalized spacial score (nSPS) is 28.9. The Morgan fingerprint density at radius 2 is 1.94 bits per heavy atom. The number of aliphatic hydroxyl groups excluding tert-OH is 1. The van der Waals surface area contributed by atoms with Crippen molar-refractivity contribution in [1.82, 2.24) is 4.72 Å². The Bertz CT molecular complexity index is 1990. The summed E-state index contributed by atoms with van der Waals surface area (Å²) in [4.78, 5) is 29.3. The molecule has 288 valence electrons. The van der Waals surface area contributed by atoms with Gasteiger partial charge in [-0.2, -0.15) is 0 Å². The van der Waals surface area contributed by atoms with Gasteiger partial charge in [-0.25, -0.2) is 17.9 Å². The van der Waals surface area contributed by atoms with Crippen LogP contribution in [0.15, 0.2) is 78.9 Å². The third-order valence-corrected chi connectivity index (χ3v) is 14.1. The van der Waals surface area contributed by atoms with Crippen molar-refractivity contribution in [3.8, 4) is 5.75 Å². The molecule has 3 aromatic rings. The molecular weight excluding hydrogens is 728 g/mol. The standard InChI is InChI=1S/C42H49ClN2O8S/c1-27-8-6-12-37(46)34-16-13-31(34)23-45-25-42(19-7-11-29-20-32(43)15-17-35(29)42)26-52-38-18-14-30(21-36(38)45)40(47)44-54(49,50)39(27)22-33(24-51-2)53-41(48)28-9-4-3-5-10-28/h3-6,9-10,12,14-15,17-18,20-21,27,31,33-34,37,39,46H,7-8,11,13,16,19,22-26H2,1-2H3,(H,44,47)/b12-6+/t27-,31-,33-,34+,37-,39+,42-/m0/s1. The van der Waals surface area contributed by atoms with Gasteiger partial charge in [0.25, 0.3) is 5.91 Å². The van der Waals surface area contributed by atoms with Gasteiger partial charge in [0.2, 0.25) is 10.0 Å². The van der Waals surface area contributed by atoms with Crippen molar-refractivity contribution in [2.45, 2.75) is 74.7 Å². The molecule has 7 atom stereocenters. The fourth-order valence-corrected chi connectivity index (χ4v) is 10.8. The van der Waals surface area contributed by atoms with Gasteiger partial charge >= 0.3 is 5.97 Å². The fraction of sp³-hybridized carbons (Fsp3) is 0.476. The third-order valence-electron chi connectivity index (χ3n) is 11.9. The molecule has 2 N–H and O–H groups in total. The predicted molar refractivity (Wildman–Crippen MR) is 208 cm³/mol. The number of ether oxygens (including phenoxy) is 3. The van der Waals surface area contributed by atoms with Gasteiger partial charge in [-0.05, 0) is 110 Å². The fourth-order valence-electron chi connectivity index (χ4n) is 8.85. The van der Waals surface area contributed by atoms with Crippen LogP contribution in [-0.4, -0.2) is 76.3 Å². The predicted octanol–water partition coefficient (Wildman–Crippen LogP) is 6.49. The highest BCUT2D eigenvalue weighted by molar-refractivity contribution is 7.90. The largest absolute Gasteiger partial charge is 0.490 e. The first-order chi connectivity index (χ1) is 26.0. The Kier molecular flexibility index (Phi) is 11.4. The van der Waals surface area contributed by atoms with Gasteiger partial charge in [-0.15, -0.1) is 0 Å². The Hall–Kier alpha value is -3.90. The smallest absolute Gasteiger partial charge is 0.338 e. The van der Waals surface area contributed by atoms with Gasteiger partial charge < -0.3 is 24.2 Å². The quantitative estimate of drug-likeness (QED) is 0.213. The van der Waals surface area contributed by atoms with Crippen LogP contribution in [0.2, 0.25) is 5.02 Å². The van der Waals surface area contributed by atoms with Crippen LogP contribution in [0.3, 0.4) is 0 Å². The van der Waals surface area contributed by atoms with Gasteiger partial charge in [0.1, 0.15) is 11.9 Å². The molecule has 0 saturated heterocycles. The summed E-state index contributed by atoms with van der Waals surface area (Å²) in [5.74, 6) is -1.02. The Morgan fingerprint density at radius 1 is 1.13 bits per heavy atom. The SMILES string of the molecule is COC[C@H](C[C@@H]1[C@@H](C)C/C=C/[C@H](O)[C@@H]2CC[C@H]2CN2C[C@@]3(CCCc4cc(Cl)ccc43)COc3ccc(cc32)C(=O)NS1(=O)=O)OC(=O)c1ccccc1. The first-order valence-electron chi connectivity index (χ1n) is 18.9. The molecule has 1 amide bonds. The van der Waals surface area contributed by atoms with E-state index < -0.39 is 45.3 Å². The second-order valence-electron chi connectivity index (χ2n) is 15.5. The van der Waals surface area contributed by atoms with E-state index in [2.05, 4.69) is 21.8 Å². The van der Waals surface area contributed by atoms with Crippen molar-refractivity contribution >= 4 is 39.2 Å². The van der Waals surface area contributed by atoms with Crippen molar-refractivity contribution in [3.05, 3.63) is 106 Å². The molecule has 0 radical (unpaired) electrons. The average molecular weight is 777 g/mol. The lowest BCUT2D eigenvalue weighted by atomic mass is 9.68. The van der Waals surface area contributed by atoms with E-state index in [4.69, 9.17) is 25.8 Å². The number of amides is 1. The summed E-state index contributed by atoms with van der Waals surface area (Å²) in [5.41, 5.74) is 3.35. The molecule has 2 bridgehead atoms. The highest BCUT2D eigenvalue weighted by atomic mass is 35.5. The maximum atomic E-state index is 14.2. The molecule has 1 fully saturated rings. The van der Waals surface area contributed by atoms with Crippen molar-refractivity contribution in [2.24, 2.45) is 17.8 Å². The topological polar surface area (TPSA) is 131 Å². The molecule has 2 aliphatic heterocycles. The number of carbonyl (C=O) groups is 2. The lowest BCUT2D eigenvalue weighted by molar-refractivity contribution is 0.00169. The van der Waals surface area contributed by atoms with E-state index >= 15 is 0 Å². The second-order valence-corrected chi connectivity index (χ2v) is 17.9. The average Bonchev–Trinajstić information content (AvgIpc) is 3.28. The molecule has 10 nitrogen and oxygen atoms in total. The molecule has 2 aliphatic carbocycles. The number of allylic oxidation sites excluding steroid dienone is 1. The van der Waals surface area contributed by atoms with Gasteiger partial charge in [-0.1, -0.05) is 54.9 Å². The number of fused-ring (bicyclic) bond motifs is 4. The number of halogens is 1.